The zero-order valence-electron chi connectivity index (χ0n) is 16.4. The van der Waals surface area contributed by atoms with E-state index >= 15 is 0 Å². The summed E-state index contributed by atoms with van der Waals surface area (Å²) in [6.45, 7) is 6.62. The van der Waals surface area contributed by atoms with E-state index in [4.69, 9.17) is 16.3 Å². The number of nitrogens with zero attached hydrogens (tertiary/aromatic N) is 5. The number of nitrogens with one attached hydrogen (secondary N) is 2. The molecule has 2 aromatic heterocycles. The van der Waals surface area contributed by atoms with Gasteiger partial charge in [-0.25, -0.2) is 4.79 Å². The molecule has 1 atom stereocenters. The minimum atomic E-state index is -0.883. The third-order valence-electron chi connectivity index (χ3n) is 5.32. The van der Waals surface area contributed by atoms with Gasteiger partial charge in [0.15, 0.2) is 5.82 Å². The van der Waals surface area contributed by atoms with Gasteiger partial charge in [-0.1, -0.05) is 13.8 Å². The van der Waals surface area contributed by atoms with Crippen LogP contribution in [0.2, 0.25) is 5.28 Å². The van der Waals surface area contributed by atoms with Crippen molar-refractivity contribution in [3.8, 4) is 0 Å². The third kappa shape index (κ3) is 3.50. The Labute approximate surface area is 168 Å². The summed E-state index contributed by atoms with van der Waals surface area (Å²) in [6.07, 6.45) is 2.98. The molecule has 2 aliphatic rings. The fourth-order valence-corrected chi connectivity index (χ4v) is 4.17. The molecule has 0 bridgehead atoms. The molecule has 0 amide bonds. The highest BCUT2D eigenvalue weighted by atomic mass is 35.5. The molecule has 0 aromatic carbocycles. The maximum absolute atomic E-state index is 12.5. The maximum Gasteiger partial charge on any atom is 0.331 e. The Morgan fingerprint density at radius 2 is 2.07 bits per heavy atom. The summed E-state index contributed by atoms with van der Waals surface area (Å²) in [4.78, 5) is 27.3. The minimum Gasteiger partial charge on any atom is -0.467 e. The van der Waals surface area contributed by atoms with Crippen molar-refractivity contribution in [3.63, 3.8) is 0 Å². The minimum absolute atomic E-state index is 0.0439. The van der Waals surface area contributed by atoms with Crippen LogP contribution in [0.25, 0.3) is 0 Å². The number of ether oxygens (including phenoxy) is 1. The Morgan fingerprint density at radius 1 is 1.32 bits per heavy atom. The Balaban J connectivity index is 1.64. The molecule has 2 fully saturated rings. The number of H-pyrrole nitrogens is 1. The first kappa shape index (κ1) is 18.9. The number of esters is 1. The van der Waals surface area contributed by atoms with E-state index in [0.29, 0.717) is 30.6 Å². The standard InChI is InChI=1S/C18H24ClN7O2/c1-17(2)8-18(3,13(27)28-4)26(9-17)16-22-14(19)21-15(23-16)20-12-7-11(24-25-12)10-5-6-10/h7,10H,5-6,8-9H2,1-4H3,(H2,20,21,22,23,24,25). The van der Waals surface area contributed by atoms with E-state index < -0.39 is 5.54 Å². The molecule has 1 saturated carbocycles. The molecule has 4 rings (SSSR count). The van der Waals surface area contributed by atoms with Crippen molar-refractivity contribution in [2.45, 2.75) is 51.5 Å². The van der Waals surface area contributed by atoms with Gasteiger partial charge in [-0.3, -0.25) is 5.10 Å². The molecule has 1 saturated heterocycles. The van der Waals surface area contributed by atoms with Gasteiger partial charge in [-0.2, -0.15) is 20.1 Å². The summed E-state index contributed by atoms with van der Waals surface area (Å²) in [7, 11) is 1.39. The van der Waals surface area contributed by atoms with Crippen LogP contribution in [0.1, 0.15) is 51.6 Å². The van der Waals surface area contributed by atoms with Gasteiger partial charge in [0, 0.05) is 24.2 Å². The summed E-state index contributed by atoms with van der Waals surface area (Å²) in [5.41, 5.74) is 0.102. The number of methoxy groups -OCH3 is 1. The van der Waals surface area contributed by atoms with E-state index in [9.17, 15) is 4.79 Å². The van der Waals surface area contributed by atoms with Gasteiger partial charge in [0.05, 0.1) is 7.11 Å². The smallest absolute Gasteiger partial charge is 0.331 e. The molecule has 3 heterocycles. The Morgan fingerprint density at radius 3 is 2.75 bits per heavy atom. The molecule has 28 heavy (non-hydrogen) atoms. The van der Waals surface area contributed by atoms with Gasteiger partial charge >= 0.3 is 5.97 Å². The molecule has 1 aliphatic heterocycles. The number of carbonyl (C=O) groups is 1. The van der Waals surface area contributed by atoms with Crippen molar-refractivity contribution in [2.75, 3.05) is 23.9 Å². The number of aromatic nitrogens is 5. The number of halogens is 1. The molecule has 0 radical (unpaired) electrons. The second kappa shape index (κ2) is 6.58. The monoisotopic (exact) mass is 405 g/mol. The van der Waals surface area contributed by atoms with E-state index in [2.05, 4.69) is 44.3 Å². The molecule has 1 aliphatic carbocycles. The first-order chi connectivity index (χ1) is 13.2. The predicted molar refractivity (Wildman–Crippen MR) is 105 cm³/mol. The van der Waals surface area contributed by atoms with Crippen molar-refractivity contribution >= 4 is 35.3 Å². The van der Waals surface area contributed by atoms with Crippen molar-refractivity contribution in [3.05, 3.63) is 17.0 Å². The van der Waals surface area contributed by atoms with E-state index in [0.717, 1.165) is 5.69 Å². The molecule has 0 spiro atoms. The van der Waals surface area contributed by atoms with Gasteiger partial charge < -0.3 is 15.0 Å². The normalized spacial score (nSPS) is 23.7. The largest absolute Gasteiger partial charge is 0.467 e. The zero-order chi connectivity index (χ0) is 20.1. The highest BCUT2D eigenvalue weighted by molar-refractivity contribution is 6.28. The summed E-state index contributed by atoms with van der Waals surface area (Å²) in [6, 6.07) is 1.95. The van der Waals surface area contributed by atoms with Crippen LogP contribution >= 0.6 is 11.6 Å². The lowest BCUT2D eigenvalue weighted by Gasteiger charge is -2.32. The lowest BCUT2D eigenvalue weighted by atomic mass is 9.85. The fraction of sp³-hybridized carbons (Fsp3) is 0.611. The van der Waals surface area contributed by atoms with Crippen molar-refractivity contribution in [2.24, 2.45) is 5.41 Å². The van der Waals surface area contributed by atoms with Crippen LogP contribution in [0.15, 0.2) is 6.07 Å². The highest BCUT2D eigenvalue weighted by Crippen LogP contribution is 2.44. The number of rotatable bonds is 5. The van der Waals surface area contributed by atoms with Gasteiger partial charge in [0.1, 0.15) is 5.54 Å². The van der Waals surface area contributed by atoms with E-state index in [1.54, 1.807) is 0 Å². The van der Waals surface area contributed by atoms with Crippen molar-refractivity contribution < 1.29 is 9.53 Å². The lowest BCUT2D eigenvalue weighted by Crippen LogP contribution is -2.49. The fourth-order valence-electron chi connectivity index (χ4n) is 4.01. The SMILES string of the molecule is COC(=O)C1(C)CC(C)(C)CN1c1nc(Cl)nc(Nc2cc(C3CC3)[nH]n2)n1. The Bertz CT molecular complexity index is 911. The Hall–Kier alpha value is -2.42. The maximum atomic E-state index is 12.5. The molecule has 150 valence electrons. The second-order valence-electron chi connectivity index (χ2n) is 8.53. The summed E-state index contributed by atoms with van der Waals surface area (Å²) >= 11 is 6.16. The molecular weight excluding hydrogens is 382 g/mol. The van der Waals surface area contributed by atoms with Gasteiger partial charge in [0.2, 0.25) is 17.2 Å². The van der Waals surface area contributed by atoms with Crippen molar-refractivity contribution in [1.29, 1.82) is 0 Å². The van der Waals surface area contributed by atoms with Gasteiger partial charge in [-0.05, 0) is 43.2 Å². The molecule has 10 heteroatoms. The van der Waals surface area contributed by atoms with Gasteiger partial charge in [0.25, 0.3) is 0 Å². The van der Waals surface area contributed by atoms with Crippen LogP contribution in [-0.2, 0) is 9.53 Å². The average Bonchev–Trinajstić information content (AvgIpc) is 3.31. The third-order valence-corrected chi connectivity index (χ3v) is 5.49. The summed E-state index contributed by atoms with van der Waals surface area (Å²) in [5, 5.41) is 10.4. The van der Waals surface area contributed by atoms with Crippen molar-refractivity contribution in [1.82, 2.24) is 25.1 Å². The van der Waals surface area contributed by atoms with Crippen LogP contribution in [-0.4, -0.2) is 50.3 Å². The summed E-state index contributed by atoms with van der Waals surface area (Å²) < 4.78 is 5.05. The van der Waals surface area contributed by atoms with E-state index in [-0.39, 0.29) is 22.6 Å². The predicted octanol–water partition coefficient (Wildman–Crippen LogP) is 3.04. The summed E-state index contributed by atoms with van der Waals surface area (Å²) in [5.74, 6) is 1.46. The van der Waals surface area contributed by atoms with Gasteiger partial charge in [-0.15, -0.1) is 0 Å². The number of hydrogen-bond donors (Lipinski definition) is 2. The van der Waals surface area contributed by atoms with E-state index in [1.807, 2.05) is 17.9 Å². The molecule has 2 aromatic rings. The average molecular weight is 406 g/mol. The molecule has 9 nitrogen and oxygen atoms in total. The first-order valence-electron chi connectivity index (χ1n) is 9.30. The Kier molecular flexibility index (Phi) is 4.45. The number of carbonyl (C=O) groups excluding carboxylic acids is 1. The first-order valence-corrected chi connectivity index (χ1v) is 9.68. The molecular formula is C18H24ClN7O2. The zero-order valence-corrected chi connectivity index (χ0v) is 17.2. The second-order valence-corrected chi connectivity index (χ2v) is 8.87. The van der Waals surface area contributed by atoms with Crippen LogP contribution < -0.4 is 10.2 Å². The van der Waals surface area contributed by atoms with Crippen LogP contribution in [0.5, 0.6) is 0 Å². The topological polar surface area (TPSA) is 109 Å². The number of anilines is 3. The van der Waals surface area contributed by atoms with Crippen LogP contribution in [0, 0.1) is 5.41 Å². The number of hydrogen-bond acceptors (Lipinski definition) is 8. The highest BCUT2D eigenvalue weighted by Gasteiger charge is 2.53. The number of aromatic amines is 1. The lowest BCUT2D eigenvalue weighted by molar-refractivity contribution is -0.146. The quantitative estimate of drug-likeness (QED) is 0.730. The van der Waals surface area contributed by atoms with Crippen LogP contribution in [0.3, 0.4) is 0 Å². The van der Waals surface area contributed by atoms with Crippen LogP contribution in [0.4, 0.5) is 17.7 Å². The van der Waals surface area contributed by atoms with E-state index in [1.165, 1.54) is 20.0 Å². The molecule has 2 N–H and O–H groups in total. The molecule has 1 unspecified atom stereocenters.